The number of hydrogen-bond donors (Lipinski definition) is 0. The summed E-state index contributed by atoms with van der Waals surface area (Å²) in [6, 6.07) is 41.7. The molecule has 0 aliphatic heterocycles. The van der Waals surface area contributed by atoms with Crippen molar-refractivity contribution in [3.8, 4) is 28.0 Å². The van der Waals surface area contributed by atoms with Gasteiger partial charge in [0.15, 0.2) is 5.75 Å². The van der Waals surface area contributed by atoms with Gasteiger partial charge < -0.3 is 4.18 Å². The number of halogens is 3. The first-order chi connectivity index (χ1) is 21.2. The van der Waals surface area contributed by atoms with Crippen LogP contribution in [0.1, 0.15) is 33.4 Å². The SMILES string of the molecule is O=S(=O)(Oc1ccc2c3c(cccc13)C21c2ccccc2-c2ccccc2Cc2ccccc2-c2ccccc21)C(F)(F)F. The van der Waals surface area contributed by atoms with E-state index in [0.717, 1.165) is 50.9 Å². The van der Waals surface area contributed by atoms with Crippen LogP contribution in [-0.2, 0) is 22.0 Å². The molecule has 0 unspecified atom stereocenters. The molecule has 0 fully saturated rings. The number of benzene rings is 6. The van der Waals surface area contributed by atoms with E-state index in [-0.39, 0.29) is 5.75 Å². The molecule has 6 aromatic rings. The molecule has 1 spiro atoms. The van der Waals surface area contributed by atoms with Gasteiger partial charge in [-0.05, 0) is 73.5 Å². The predicted octanol–water partition coefficient (Wildman–Crippen LogP) is 9.00. The molecule has 8 rings (SSSR count). The maximum atomic E-state index is 13.3. The summed E-state index contributed by atoms with van der Waals surface area (Å²) >= 11 is 0. The quantitative estimate of drug-likeness (QED) is 0.146. The first kappa shape index (κ1) is 26.7. The van der Waals surface area contributed by atoms with Crippen LogP contribution in [-0.4, -0.2) is 13.9 Å². The van der Waals surface area contributed by atoms with Crippen LogP contribution < -0.4 is 4.18 Å². The third kappa shape index (κ3) is 3.59. The molecule has 2 aliphatic carbocycles. The second kappa shape index (κ2) is 9.31. The van der Waals surface area contributed by atoms with Gasteiger partial charge in [-0.15, -0.1) is 0 Å². The Labute approximate surface area is 252 Å². The minimum absolute atomic E-state index is 0.311. The summed E-state index contributed by atoms with van der Waals surface area (Å²) in [4.78, 5) is 0. The average molecular weight is 605 g/mol. The highest BCUT2D eigenvalue weighted by molar-refractivity contribution is 7.88. The van der Waals surface area contributed by atoms with Crippen LogP contribution in [0.2, 0.25) is 0 Å². The lowest BCUT2D eigenvalue weighted by molar-refractivity contribution is -0.0499. The topological polar surface area (TPSA) is 43.4 Å². The Morgan fingerprint density at radius 3 is 1.59 bits per heavy atom. The molecule has 0 aromatic heterocycles. The molecule has 0 amide bonds. The monoisotopic (exact) mass is 604 g/mol. The number of alkyl halides is 3. The van der Waals surface area contributed by atoms with E-state index >= 15 is 0 Å². The van der Waals surface area contributed by atoms with Gasteiger partial charge in [0, 0.05) is 5.39 Å². The van der Waals surface area contributed by atoms with Crippen LogP contribution in [0.15, 0.2) is 127 Å². The van der Waals surface area contributed by atoms with Crippen molar-refractivity contribution in [1.29, 1.82) is 0 Å². The van der Waals surface area contributed by atoms with Gasteiger partial charge in [-0.3, -0.25) is 0 Å². The van der Waals surface area contributed by atoms with Gasteiger partial charge in [-0.1, -0.05) is 121 Å². The minimum atomic E-state index is -5.85. The Hall–Kier alpha value is -4.88. The van der Waals surface area contributed by atoms with E-state index in [4.69, 9.17) is 4.18 Å². The molecule has 0 radical (unpaired) electrons. The van der Waals surface area contributed by atoms with E-state index in [1.807, 2.05) is 42.5 Å². The van der Waals surface area contributed by atoms with Gasteiger partial charge in [0.05, 0.1) is 5.41 Å². The first-order valence-corrected chi connectivity index (χ1v) is 15.6. The standard InChI is InChI=1S/C37H23F3O3S/c38-37(39,40)44(41,42)43-34-21-20-33-35-29(34)16-9-19-32(35)36(33)30-17-7-5-14-27(30)25-12-3-1-10-23(25)22-24-11-2-4-13-26(24)28-15-6-8-18-31(28)36/h1-21H,22H2. The number of fused-ring (bicyclic) bond motifs is 10. The van der Waals surface area contributed by atoms with Crippen LogP contribution in [0.4, 0.5) is 13.2 Å². The summed E-state index contributed by atoms with van der Waals surface area (Å²) < 4.78 is 68.7. The summed E-state index contributed by atoms with van der Waals surface area (Å²) in [6.45, 7) is 0. The molecule has 7 heteroatoms. The Bertz CT molecular complexity index is 2150. The van der Waals surface area contributed by atoms with Crippen LogP contribution in [0.25, 0.3) is 33.0 Å². The zero-order valence-electron chi connectivity index (χ0n) is 23.1. The van der Waals surface area contributed by atoms with Crippen LogP contribution in [0.5, 0.6) is 5.75 Å². The van der Waals surface area contributed by atoms with Gasteiger partial charge in [-0.2, -0.15) is 21.6 Å². The van der Waals surface area contributed by atoms with Gasteiger partial charge in [0.25, 0.3) is 0 Å². The molecule has 0 atom stereocenters. The van der Waals surface area contributed by atoms with E-state index in [1.165, 1.54) is 17.2 Å². The molecule has 0 heterocycles. The van der Waals surface area contributed by atoms with E-state index in [1.54, 1.807) is 18.2 Å². The zero-order chi connectivity index (χ0) is 30.3. The van der Waals surface area contributed by atoms with Crippen molar-refractivity contribution in [3.05, 3.63) is 161 Å². The molecule has 6 aromatic carbocycles. The minimum Gasteiger partial charge on any atom is -0.375 e. The van der Waals surface area contributed by atoms with E-state index in [0.29, 0.717) is 10.8 Å². The van der Waals surface area contributed by atoms with Crippen LogP contribution in [0.3, 0.4) is 0 Å². The van der Waals surface area contributed by atoms with Crippen LogP contribution >= 0.6 is 0 Å². The van der Waals surface area contributed by atoms with Crippen molar-refractivity contribution in [2.45, 2.75) is 17.3 Å². The average Bonchev–Trinajstić information content (AvgIpc) is 3.02. The summed E-state index contributed by atoms with van der Waals surface area (Å²) in [7, 11) is -5.85. The van der Waals surface area contributed by atoms with Crippen molar-refractivity contribution in [1.82, 2.24) is 0 Å². The van der Waals surface area contributed by atoms with Crippen molar-refractivity contribution < 1.29 is 25.8 Å². The molecule has 216 valence electrons. The summed E-state index contributed by atoms with van der Waals surface area (Å²) in [5, 5.41) is 0.997. The molecule has 0 N–H and O–H groups in total. The van der Waals surface area contributed by atoms with Gasteiger partial charge in [0.2, 0.25) is 0 Å². The number of hydrogen-bond acceptors (Lipinski definition) is 3. The van der Waals surface area contributed by atoms with Crippen molar-refractivity contribution in [3.63, 3.8) is 0 Å². The third-order valence-corrected chi connectivity index (χ3v) is 9.92. The smallest absolute Gasteiger partial charge is 0.375 e. The molecule has 0 bridgehead atoms. The molecule has 0 saturated heterocycles. The molecular formula is C37H23F3O3S. The summed E-state index contributed by atoms with van der Waals surface area (Å²) in [5.74, 6) is -0.352. The second-order valence-electron chi connectivity index (χ2n) is 11.2. The summed E-state index contributed by atoms with van der Waals surface area (Å²) in [5.41, 5.74) is 4.15. The maximum absolute atomic E-state index is 13.3. The second-order valence-corrected chi connectivity index (χ2v) is 12.7. The Balaban J connectivity index is 1.49. The summed E-state index contributed by atoms with van der Waals surface area (Å²) in [6.07, 6.45) is 0.739. The van der Waals surface area contributed by atoms with Crippen molar-refractivity contribution in [2.75, 3.05) is 0 Å². The highest BCUT2D eigenvalue weighted by Gasteiger charge is 2.52. The third-order valence-electron chi connectivity index (χ3n) is 8.95. The predicted molar refractivity (Wildman–Crippen MR) is 165 cm³/mol. The Morgan fingerprint density at radius 2 is 1.02 bits per heavy atom. The first-order valence-electron chi connectivity index (χ1n) is 14.1. The lowest BCUT2D eigenvalue weighted by atomic mass is 9.54. The van der Waals surface area contributed by atoms with Gasteiger partial charge in [0.1, 0.15) is 0 Å². The van der Waals surface area contributed by atoms with Crippen LogP contribution in [0, 0.1) is 0 Å². The van der Waals surface area contributed by atoms with Crippen molar-refractivity contribution in [2.24, 2.45) is 0 Å². The van der Waals surface area contributed by atoms with Gasteiger partial charge >= 0.3 is 15.6 Å². The zero-order valence-corrected chi connectivity index (χ0v) is 23.9. The largest absolute Gasteiger partial charge is 0.534 e. The van der Waals surface area contributed by atoms with Gasteiger partial charge in [-0.25, -0.2) is 0 Å². The Morgan fingerprint density at radius 1 is 0.545 bits per heavy atom. The molecule has 44 heavy (non-hydrogen) atoms. The fraction of sp³-hybridized carbons (Fsp3) is 0.0811. The van der Waals surface area contributed by atoms with E-state index < -0.39 is 21.0 Å². The lowest BCUT2D eigenvalue weighted by Gasteiger charge is -2.47. The fourth-order valence-electron chi connectivity index (χ4n) is 7.22. The van der Waals surface area contributed by atoms with E-state index in [2.05, 4.69) is 60.7 Å². The fourth-order valence-corrected chi connectivity index (χ4v) is 7.70. The Kier molecular flexibility index (Phi) is 5.65. The molecule has 3 nitrogen and oxygen atoms in total. The maximum Gasteiger partial charge on any atom is 0.534 e. The molecular weight excluding hydrogens is 581 g/mol. The lowest BCUT2D eigenvalue weighted by Crippen LogP contribution is -2.39. The van der Waals surface area contributed by atoms with E-state index in [9.17, 15) is 21.6 Å². The highest BCUT2D eigenvalue weighted by atomic mass is 32.2. The molecule has 2 aliphatic rings. The molecule has 0 saturated carbocycles. The number of rotatable bonds is 2. The van der Waals surface area contributed by atoms with Crippen molar-refractivity contribution >= 4 is 20.9 Å². The highest BCUT2D eigenvalue weighted by Crippen LogP contribution is 2.61. The normalized spacial score (nSPS) is 14.5.